The van der Waals surface area contributed by atoms with Gasteiger partial charge in [-0.05, 0) is 24.5 Å². The highest BCUT2D eigenvalue weighted by Gasteiger charge is 2.12. The van der Waals surface area contributed by atoms with Crippen molar-refractivity contribution in [3.8, 4) is 12.3 Å². The SMILES string of the molecule is C#CCCCCNS(=O)(=O)Cc1ccccc1N. The van der Waals surface area contributed by atoms with Crippen LogP contribution in [0.5, 0.6) is 0 Å². The number of unbranched alkanes of at least 4 members (excludes halogenated alkanes) is 2. The highest BCUT2D eigenvalue weighted by Crippen LogP contribution is 2.13. The van der Waals surface area contributed by atoms with Crippen molar-refractivity contribution in [1.82, 2.24) is 4.72 Å². The molecule has 0 saturated heterocycles. The molecule has 0 aliphatic heterocycles. The van der Waals surface area contributed by atoms with E-state index in [1.54, 1.807) is 24.3 Å². The minimum absolute atomic E-state index is 0.0885. The molecule has 3 N–H and O–H groups in total. The van der Waals surface area contributed by atoms with Gasteiger partial charge in [0.05, 0.1) is 5.75 Å². The van der Waals surface area contributed by atoms with Crippen LogP contribution in [0.1, 0.15) is 24.8 Å². The van der Waals surface area contributed by atoms with Crippen LogP contribution in [0.15, 0.2) is 24.3 Å². The van der Waals surface area contributed by atoms with Crippen molar-refractivity contribution in [3.63, 3.8) is 0 Å². The summed E-state index contributed by atoms with van der Waals surface area (Å²) in [6, 6.07) is 6.96. The molecule has 5 heteroatoms. The number of hydrogen-bond donors (Lipinski definition) is 2. The van der Waals surface area contributed by atoms with Crippen LogP contribution >= 0.6 is 0 Å². The first-order valence-corrected chi connectivity index (χ1v) is 7.44. The zero-order valence-corrected chi connectivity index (χ0v) is 11.0. The molecular weight excluding hydrogens is 248 g/mol. The molecule has 0 aromatic heterocycles. The molecule has 4 nitrogen and oxygen atoms in total. The van der Waals surface area contributed by atoms with Gasteiger partial charge in [-0.1, -0.05) is 18.2 Å². The highest BCUT2D eigenvalue weighted by atomic mass is 32.2. The number of nitrogens with one attached hydrogen (secondary N) is 1. The van der Waals surface area contributed by atoms with Crippen LogP contribution in [0.3, 0.4) is 0 Å². The normalized spacial score (nSPS) is 11.1. The molecule has 1 aromatic rings. The van der Waals surface area contributed by atoms with Crippen LogP contribution in [-0.4, -0.2) is 15.0 Å². The molecule has 1 aromatic carbocycles. The van der Waals surface area contributed by atoms with Crippen LogP contribution in [0.2, 0.25) is 0 Å². The predicted octanol–water partition coefficient (Wildman–Crippen LogP) is 1.49. The molecule has 0 bridgehead atoms. The van der Waals surface area contributed by atoms with Gasteiger partial charge in [-0.3, -0.25) is 0 Å². The van der Waals surface area contributed by atoms with Crippen LogP contribution < -0.4 is 10.5 Å². The lowest BCUT2D eigenvalue weighted by molar-refractivity contribution is 0.576. The molecule has 0 atom stereocenters. The van der Waals surface area contributed by atoms with Crippen molar-refractivity contribution in [2.24, 2.45) is 0 Å². The van der Waals surface area contributed by atoms with Crippen LogP contribution in [0.25, 0.3) is 0 Å². The van der Waals surface area contributed by atoms with Gasteiger partial charge in [0.25, 0.3) is 0 Å². The largest absolute Gasteiger partial charge is 0.398 e. The average Bonchev–Trinajstić information content (AvgIpc) is 2.31. The second kappa shape index (κ2) is 7.04. The van der Waals surface area contributed by atoms with Crippen molar-refractivity contribution in [3.05, 3.63) is 29.8 Å². The fraction of sp³-hybridized carbons (Fsp3) is 0.385. The molecule has 0 heterocycles. The van der Waals surface area contributed by atoms with Crippen molar-refractivity contribution < 1.29 is 8.42 Å². The molecule has 98 valence electrons. The Balaban J connectivity index is 2.46. The summed E-state index contributed by atoms with van der Waals surface area (Å²) in [5.74, 6) is 2.43. The van der Waals surface area contributed by atoms with Gasteiger partial charge < -0.3 is 5.73 Å². The maximum atomic E-state index is 11.8. The highest BCUT2D eigenvalue weighted by molar-refractivity contribution is 7.88. The first-order chi connectivity index (χ1) is 8.55. The number of rotatable bonds is 7. The van der Waals surface area contributed by atoms with Crippen molar-refractivity contribution in [1.29, 1.82) is 0 Å². The Morgan fingerprint density at radius 2 is 2.00 bits per heavy atom. The Bertz CT molecular complexity index is 518. The molecule has 0 radical (unpaired) electrons. The smallest absolute Gasteiger partial charge is 0.215 e. The summed E-state index contributed by atoms with van der Waals surface area (Å²) >= 11 is 0. The number of terminal acetylenes is 1. The summed E-state index contributed by atoms with van der Waals surface area (Å²) in [6.45, 7) is 0.413. The summed E-state index contributed by atoms with van der Waals surface area (Å²) in [7, 11) is -3.33. The van der Waals surface area contributed by atoms with Gasteiger partial charge in [0.1, 0.15) is 0 Å². The minimum Gasteiger partial charge on any atom is -0.398 e. The Morgan fingerprint density at radius 3 is 2.67 bits per heavy atom. The predicted molar refractivity (Wildman–Crippen MR) is 74.2 cm³/mol. The summed E-state index contributed by atoms with van der Waals surface area (Å²) in [6.07, 6.45) is 7.36. The Morgan fingerprint density at radius 1 is 1.28 bits per heavy atom. The summed E-state index contributed by atoms with van der Waals surface area (Å²) in [5.41, 5.74) is 6.82. The van der Waals surface area contributed by atoms with Crippen molar-refractivity contribution >= 4 is 15.7 Å². The minimum atomic E-state index is -3.33. The topological polar surface area (TPSA) is 72.2 Å². The van der Waals surface area contributed by atoms with Crippen molar-refractivity contribution in [2.75, 3.05) is 12.3 Å². The molecule has 0 spiro atoms. The van der Waals surface area contributed by atoms with E-state index >= 15 is 0 Å². The number of benzene rings is 1. The lowest BCUT2D eigenvalue weighted by Gasteiger charge is -2.08. The van der Waals surface area contributed by atoms with Gasteiger partial charge in [-0.15, -0.1) is 12.3 Å². The van der Waals surface area contributed by atoms with E-state index in [1.165, 1.54) is 0 Å². The lowest BCUT2D eigenvalue weighted by Crippen LogP contribution is -2.26. The first-order valence-electron chi connectivity index (χ1n) is 5.79. The lowest BCUT2D eigenvalue weighted by atomic mass is 10.2. The van der Waals surface area contributed by atoms with E-state index in [-0.39, 0.29) is 5.75 Å². The fourth-order valence-corrected chi connectivity index (χ4v) is 2.73. The summed E-state index contributed by atoms with van der Waals surface area (Å²) in [4.78, 5) is 0. The number of para-hydroxylation sites is 1. The van der Waals surface area contributed by atoms with E-state index in [1.807, 2.05) is 0 Å². The van der Waals surface area contributed by atoms with E-state index < -0.39 is 10.0 Å². The molecule has 0 aliphatic rings. The van der Waals surface area contributed by atoms with Gasteiger partial charge >= 0.3 is 0 Å². The standard InChI is InChI=1S/C13H18N2O2S/c1-2-3-4-7-10-15-18(16,17)11-12-8-5-6-9-13(12)14/h1,5-6,8-9,15H,3-4,7,10-11,14H2. The van der Waals surface area contributed by atoms with E-state index in [4.69, 9.17) is 12.2 Å². The van der Waals surface area contributed by atoms with E-state index in [0.29, 0.717) is 24.2 Å². The van der Waals surface area contributed by atoms with Crippen molar-refractivity contribution in [2.45, 2.75) is 25.0 Å². The zero-order valence-electron chi connectivity index (χ0n) is 10.2. The quantitative estimate of drug-likeness (QED) is 0.446. The van der Waals surface area contributed by atoms with Crippen LogP contribution in [0.4, 0.5) is 5.69 Å². The fourth-order valence-electron chi connectivity index (χ4n) is 1.50. The summed E-state index contributed by atoms with van der Waals surface area (Å²) in [5, 5.41) is 0. The average molecular weight is 266 g/mol. The van der Waals surface area contributed by atoms with Gasteiger partial charge in [-0.25, -0.2) is 13.1 Å². The molecular formula is C13H18N2O2S. The number of hydrogen-bond acceptors (Lipinski definition) is 3. The van der Waals surface area contributed by atoms with E-state index in [2.05, 4.69) is 10.6 Å². The second-order valence-corrected chi connectivity index (χ2v) is 5.82. The molecule has 18 heavy (non-hydrogen) atoms. The molecule has 0 unspecified atom stereocenters. The Kier molecular flexibility index (Phi) is 5.69. The number of nitrogens with two attached hydrogens (primary N) is 1. The van der Waals surface area contributed by atoms with Gasteiger partial charge in [0, 0.05) is 18.7 Å². The maximum Gasteiger partial charge on any atom is 0.215 e. The monoisotopic (exact) mass is 266 g/mol. The molecule has 0 amide bonds. The van der Waals surface area contributed by atoms with E-state index in [9.17, 15) is 8.42 Å². The number of nitrogen functional groups attached to an aromatic ring is 1. The first kappa shape index (κ1) is 14.6. The molecule has 0 saturated carbocycles. The van der Waals surface area contributed by atoms with Gasteiger partial charge in [-0.2, -0.15) is 0 Å². The Labute approximate surface area is 109 Å². The molecule has 0 aliphatic carbocycles. The molecule has 1 rings (SSSR count). The van der Waals surface area contributed by atoms with Crippen LogP contribution in [-0.2, 0) is 15.8 Å². The van der Waals surface area contributed by atoms with Crippen LogP contribution in [0, 0.1) is 12.3 Å². The second-order valence-electron chi connectivity index (χ2n) is 4.01. The third kappa shape index (κ3) is 5.21. The third-order valence-corrected chi connectivity index (χ3v) is 3.81. The van der Waals surface area contributed by atoms with Gasteiger partial charge in [0.15, 0.2) is 0 Å². The van der Waals surface area contributed by atoms with E-state index in [0.717, 1.165) is 12.8 Å². The summed E-state index contributed by atoms with van der Waals surface area (Å²) < 4.78 is 26.1. The molecule has 0 fully saturated rings. The third-order valence-electron chi connectivity index (χ3n) is 2.47. The zero-order chi connectivity index (χ0) is 13.4. The van der Waals surface area contributed by atoms with Gasteiger partial charge in [0.2, 0.25) is 10.0 Å². The Hall–Kier alpha value is -1.51. The number of sulfonamides is 1. The maximum absolute atomic E-state index is 11.8. The number of anilines is 1.